The summed E-state index contributed by atoms with van der Waals surface area (Å²) in [6, 6.07) is 13.3. The van der Waals surface area contributed by atoms with Gasteiger partial charge >= 0.3 is 5.97 Å². The van der Waals surface area contributed by atoms with Crippen molar-refractivity contribution in [3.05, 3.63) is 71.6 Å². The molecular weight excluding hydrogens is 259 g/mol. The van der Waals surface area contributed by atoms with E-state index in [9.17, 15) is 9.18 Å². The molecule has 0 spiro atoms. The van der Waals surface area contributed by atoms with Gasteiger partial charge in [0.1, 0.15) is 0 Å². The molecule has 0 unspecified atom stereocenters. The van der Waals surface area contributed by atoms with Gasteiger partial charge in [-0.1, -0.05) is 36.4 Å². The Morgan fingerprint density at radius 2 is 1.85 bits per heavy atom. The first-order valence-corrected chi connectivity index (χ1v) is 5.96. The number of ether oxygens (including phenoxy) is 1. The number of rotatable bonds is 4. The minimum absolute atomic E-state index is 0.122. The van der Waals surface area contributed by atoms with Gasteiger partial charge in [0.05, 0.1) is 7.11 Å². The summed E-state index contributed by atoms with van der Waals surface area (Å²) in [5, 5.41) is 8.98. The number of halogens is 1. The zero-order valence-electron chi connectivity index (χ0n) is 10.8. The van der Waals surface area contributed by atoms with Gasteiger partial charge in [-0.25, -0.2) is 9.18 Å². The van der Waals surface area contributed by atoms with Crippen LogP contribution in [0, 0.1) is 5.82 Å². The van der Waals surface area contributed by atoms with Crippen LogP contribution in [0.25, 0.3) is 5.57 Å². The lowest BCUT2D eigenvalue weighted by Gasteiger charge is -2.09. The van der Waals surface area contributed by atoms with Gasteiger partial charge in [0, 0.05) is 6.08 Å². The lowest BCUT2D eigenvalue weighted by molar-refractivity contribution is -0.131. The number of carboxylic acid groups (broad SMARTS) is 1. The molecule has 102 valence electrons. The summed E-state index contributed by atoms with van der Waals surface area (Å²) < 4.78 is 18.6. The van der Waals surface area contributed by atoms with Crippen molar-refractivity contribution in [3.63, 3.8) is 0 Å². The topological polar surface area (TPSA) is 46.5 Å². The SMILES string of the molecule is COc1ccc(/C(=C/C(=O)O)c2ccccc2)cc1F. The van der Waals surface area contributed by atoms with Crippen molar-refractivity contribution in [1.29, 1.82) is 0 Å². The van der Waals surface area contributed by atoms with Gasteiger partial charge in [0.25, 0.3) is 0 Å². The predicted octanol–water partition coefficient (Wildman–Crippen LogP) is 3.35. The van der Waals surface area contributed by atoms with E-state index in [0.717, 1.165) is 6.08 Å². The lowest BCUT2D eigenvalue weighted by atomic mass is 9.97. The van der Waals surface area contributed by atoms with Gasteiger partial charge in [0.15, 0.2) is 11.6 Å². The Labute approximate surface area is 115 Å². The molecule has 0 bridgehead atoms. The Morgan fingerprint density at radius 3 is 2.40 bits per heavy atom. The Balaban J connectivity index is 2.53. The summed E-state index contributed by atoms with van der Waals surface area (Å²) in [5.41, 5.74) is 1.64. The van der Waals surface area contributed by atoms with Crippen molar-refractivity contribution in [2.45, 2.75) is 0 Å². The standard InChI is InChI=1S/C16H13FO3/c1-20-15-8-7-12(9-14(15)17)13(10-16(18)19)11-5-3-2-4-6-11/h2-10H,1H3,(H,18,19)/b13-10+. The first-order valence-electron chi connectivity index (χ1n) is 5.96. The van der Waals surface area contributed by atoms with Crippen molar-refractivity contribution in [2.24, 2.45) is 0 Å². The van der Waals surface area contributed by atoms with Gasteiger partial charge in [0.2, 0.25) is 0 Å². The summed E-state index contributed by atoms with van der Waals surface area (Å²) in [6.45, 7) is 0. The van der Waals surface area contributed by atoms with E-state index in [2.05, 4.69) is 0 Å². The molecule has 0 aromatic heterocycles. The molecular formula is C16H13FO3. The van der Waals surface area contributed by atoms with Crippen LogP contribution in [0.4, 0.5) is 4.39 Å². The zero-order valence-corrected chi connectivity index (χ0v) is 10.8. The van der Waals surface area contributed by atoms with E-state index < -0.39 is 11.8 Å². The third kappa shape index (κ3) is 3.03. The van der Waals surface area contributed by atoms with Gasteiger partial charge in [-0.3, -0.25) is 0 Å². The predicted molar refractivity (Wildman–Crippen MR) is 74.1 cm³/mol. The highest BCUT2D eigenvalue weighted by Crippen LogP contribution is 2.27. The van der Waals surface area contributed by atoms with E-state index in [1.807, 2.05) is 6.07 Å². The maximum Gasteiger partial charge on any atom is 0.328 e. The molecule has 0 atom stereocenters. The van der Waals surface area contributed by atoms with Crippen LogP contribution in [0.2, 0.25) is 0 Å². The Morgan fingerprint density at radius 1 is 1.15 bits per heavy atom. The van der Waals surface area contributed by atoms with E-state index in [4.69, 9.17) is 9.84 Å². The molecule has 0 aliphatic heterocycles. The van der Waals surface area contributed by atoms with Crippen molar-refractivity contribution in [2.75, 3.05) is 7.11 Å². The average molecular weight is 272 g/mol. The Hall–Kier alpha value is -2.62. The zero-order chi connectivity index (χ0) is 14.5. The van der Waals surface area contributed by atoms with E-state index in [1.165, 1.54) is 19.2 Å². The second-order valence-electron chi connectivity index (χ2n) is 4.11. The maximum atomic E-state index is 13.8. The number of benzene rings is 2. The molecule has 3 nitrogen and oxygen atoms in total. The van der Waals surface area contributed by atoms with Crippen molar-refractivity contribution in [3.8, 4) is 5.75 Å². The van der Waals surface area contributed by atoms with Crippen LogP contribution >= 0.6 is 0 Å². The van der Waals surface area contributed by atoms with Gasteiger partial charge in [-0.2, -0.15) is 0 Å². The van der Waals surface area contributed by atoms with Crippen molar-refractivity contribution < 1.29 is 19.0 Å². The highest BCUT2D eigenvalue weighted by molar-refractivity contribution is 5.95. The summed E-state index contributed by atoms with van der Waals surface area (Å²) in [4.78, 5) is 11.0. The normalized spacial score (nSPS) is 11.2. The third-order valence-electron chi connectivity index (χ3n) is 2.82. The molecule has 0 saturated carbocycles. The van der Waals surface area contributed by atoms with Crippen LogP contribution in [0.5, 0.6) is 5.75 Å². The highest BCUT2D eigenvalue weighted by Gasteiger charge is 2.10. The van der Waals surface area contributed by atoms with Crippen LogP contribution in [0.3, 0.4) is 0 Å². The van der Waals surface area contributed by atoms with Crippen LogP contribution in [-0.4, -0.2) is 18.2 Å². The smallest absolute Gasteiger partial charge is 0.328 e. The maximum absolute atomic E-state index is 13.8. The first kappa shape index (κ1) is 13.8. The molecule has 0 aliphatic carbocycles. The molecule has 1 N–H and O–H groups in total. The average Bonchev–Trinajstić information content (AvgIpc) is 2.45. The second-order valence-corrected chi connectivity index (χ2v) is 4.11. The quantitative estimate of drug-likeness (QED) is 0.868. The molecule has 2 aromatic carbocycles. The number of carboxylic acids is 1. The van der Waals surface area contributed by atoms with Crippen LogP contribution in [0.1, 0.15) is 11.1 Å². The van der Waals surface area contributed by atoms with Crippen molar-refractivity contribution in [1.82, 2.24) is 0 Å². The molecule has 0 aliphatic rings. The lowest BCUT2D eigenvalue weighted by Crippen LogP contribution is -1.96. The molecule has 0 fully saturated rings. The second kappa shape index (κ2) is 6.02. The molecule has 2 aromatic rings. The van der Waals surface area contributed by atoms with Gasteiger partial charge < -0.3 is 9.84 Å². The van der Waals surface area contributed by atoms with Gasteiger partial charge in [-0.05, 0) is 28.8 Å². The number of methoxy groups -OCH3 is 1. The fourth-order valence-electron chi connectivity index (χ4n) is 1.91. The summed E-state index contributed by atoms with van der Waals surface area (Å²) in [6.07, 6.45) is 1.07. The fraction of sp³-hybridized carbons (Fsp3) is 0.0625. The van der Waals surface area contributed by atoms with Crippen LogP contribution in [-0.2, 0) is 4.79 Å². The van der Waals surface area contributed by atoms with Crippen molar-refractivity contribution >= 4 is 11.5 Å². The molecule has 0 radical (unpaired) electrons. The molecule has 4 heteroatoms. The molecule has 2 rings (SSSR count). The minimum Gasteiger partial charge on any atom is -0.494 e. The van der Waals surface area contributed by atoms with E-state index in [1.54, 1.807) is 30.3 Å². The number of hydrogen-bond donors (Lipinski definition) is 1. The summed E-state index contributed by atoms with van der Waals surface area (Å²) in [5.74, 6) is -1.49. The van der Waals surface area contributed by atoms with Crippen LogP contribution < -0.4 is 4.74 Å². The molecule has 0 heterocycles. The largest absolute Gasteiger partial charge is 0.494 e. The highest BCUT2D eigenvalue weighted by atomic mass is 19.1. The van der Waals surface area contributed by atoms with E-state index in [0.29, 0.717) is 16.7 Å². The third-order valence-corrected chi connectivity index (χ3v) is 2.82. The summed E-state index contributed by atoms with van der Waals surface area (Å²) in [7, 11) is 1.38. The number of aliphatic carboxylic acids is 1. The summed E-state index contributed by atoms with van der Waals surface area (Å²) >= 11 is 0. The van der Waals surface area contributed by atoms with Crippen LogP contribution in [0.15, 0.2) is 54.6 Å². The van der Waals surface area contributed by atoms with E-state index in [-0.39, 0.29) is 5.75 Å². The first-order chi connectivity index (χ1) is 9.61. The molecule has 0 saturated heterocycles. The number of carbonyl (C=O) groups is 1. The Kier molecular flexibility index (Phi) is 4.15. The monoisotopic (exact) mass is 272 g/mol. The fourth-order valence-corrected chi connectivity index (χ4v) is 1.91. The molecule has 0 amide bonds. The minimum atomic E-state index is -1.08. The Bertz CT molecular complexity index is 648. The number of hydrogen-bond acceptors (Lipinski definition) is 2. The van der Waals surface area contributed by atoms with E-state index >= 15 is 0 Å². The molecule has 20 heavy (non-hydrogen) atoms. The van der Waals surface area contributed by atoms with Gasteiger partial charge in [-0.15, -0.1) is 0 Å².